The molecule has 1 rings (SSSR count). The number of anilines is 1. The van der Waals surface area contributed by atoms with E-state index in [0.29, 0.717) is 13.1 Å². The van der Waals surface area contributed by atoms with Crippen molar-refractivity contribution in [1.29, 1.82) is 0 Å². The van der Waals surface area contributed by atoms with Gasteiger partial charge in [0.2, 0.25) is 5.91 Å². The minimum absolute atomic E-state index is 0.0292. The van der Waals surface area contributed by atoms with Crippen LogP contribution in [0.5, 0.6) is 0 Å². The van der Waals surface area contributed by atoms with Crippen molar-refractivity contribution >= 4 is 11.6 Å². The molecule has 0 aliphatic heterocycles. The Morgan fingerprint density at radius 3 is 2.53 bits per heavy atom. The summed E-state index contributed by atoms with van der Waals surface area (Å²) in [5.74, 6) is -0.143. The van der Waals surface area contributed by atoms with E-state index >= 15 is 0 Å². The molecule has 0 aliphatic carbocycles. The van der Waals surface area contributed by atoms with Gasteiger partial charge >= 0.3 is 0 Å². The molecule has 1 aromatic rings. The van der Waals surface area contributed by atoms with E-state index < -0.39 is 0 Å². The summed E-state index contributed by atoms with van der Waals surface area (Å²) in [5.41, 5.74) is 1.94. The van der Waals surface area contributed by atoms with Gasteiger partial charge in [-0.15, -0.1) is 0 Å². The quantitative estimate of drug-likeness (QED) is 0.640. The van der Waals surface area contributed by atoms with E-state index in [4.69, 9.17) is 10.2 Å². The minimum Gasteiger partial charge on any atom is -0.395 e. The Morgan fingerprint density at radius 1 is 1.26 bits per heavy atom. The van der Waals surface area contributed by atoms with Crippen molar-refractivity contribution < 1.29 is 15.0 Å². The summed E-state index contributed by atoms with van der Waals surface area (Å²) in [6.45, 7) is 2.92. The van der Waals surface area contributed by atoms with Gasteiger partial charge in [-0.25, -0.2) is 0 Å². The Kier molecular flexibility index (Phi) is 7.10. The molecule has 0 unspecified atom stereocenters. The topological polar surface area (TPSA) is 72.8 Å². The van der Waals surface area contributed by atoms with E-state index in [9.17, 15) is 4.79 Å². The minimum atomic E-state index is -0.143. The molecule has 0 fully saturated rings. The maximum absolute atomic E-state index is 11.9. The molecule has 0 atom stereocenters. The highest BCUT2D eigenvalue weighted by molar-refractivity contribution is 5.92. The SMILES string of the molecule is CCc1cccc(NC(=O)CN(CCO)CCO)c1. The highest BCUT2D eigenvalue weighted by atomic mass is 16.3. The van der Waals surface area contributed by atoms with Crippen LogP contribution in [-0.2, 0) is 11.2 Å². The van der Waals surface area contributed by atoms with E-state index in [0.717, 1.165) is 12.1 Å². The lowest BCUT2D eigenvalue weighted by atomic mass is 10.1. The molecule has 0 saturated carbocycles. The number of amides is 1. The van der Waals surface area contributed by atoms with Crippen LogP contribution in [0.1, 0.15) is 12.5 Å². The maximum atomic E-state index is 11.9. The molecule has 0 heterocycles. The second-order valence-corrected chi connectivity index (χ2v) is 4.33. The van der Waals surface area contributed by atoms with E-state index in [1.54, 1.807) is 4.90 Å². The lowest BCUT2D eigenvalue weighted by Gasteiger charge is -2.19. The van der Waals surface area contributed by atoms with Gasteiger partial charge in [0.25, 0.3) is 0 Å². The number of carbonyl (C=O) groups excluding carboxylic acids is 1. The summed E-state index contributed by atoms with van der Waals surface area (Å²) in [7, 11) is 0. The second kappa shape index (κ2) is 8.63. The van der Waals surface area contributed by atoms with Crippen molar-refractivity contribution in [3.05, 3.63) is 29.8 Å². The van der Waals surface area contributed by atoms with Gasteiger partial charge in [-0.05, 0) is 24.1 Å². The van der Waals surface area contributed by atoms with Crippen molar-refractivity contribution in [2.24, 2.45) is 0 Å². The van der Waals surface area contributed by atoms with Crippen LogP contribution in [0, 0.1) is 0 Å². The normalized spacial score (nSPS) is 10.7. The Labute approximate surface area is 113 Å². The van der Waals surface area contributed by atoms with Crippen LogP contribution in [0.2, 0.25) is 0 Å². The number of benzene rings is 1. The molecule has 5 nitrogen and oxygen atoms in total. The van der Waals surface area contributed by atoms with Crippen molar-refractivity contribution in [3.63, 3.8) is 0 Å². The predicted octanol–water partition coefficient (Wildman–Crippen LogP) is 0.474. The summed E-state index contributed by atoms with van der Waals surface area (Å²) in [4.78, 5) is 13.6. The number of nitrogens with one attached hydrogen (secondary N) is 1. The third kappa shape index (κ3) is 5.83. The van der Waals surface area contributed by atoms with E-state index in [-0.39, 0.29) is 25.7 Å². The first kappa shape index (κ1) is 15.6. The third-order valence-corrected chi connectivity index (χ3v) is 2.82. The van der Waals surface area contributed by atoms with Crippen LogP contribution in [0.15, 0.2) is 24.3 Å². The summed E-state index contributed by atoms with van der Waals surface area (Å²) < 4.78 is 0. The number of hydrogen-bond donors (Lipinski definition) is 3. The van der Waals surface area contributed by atoms with Gasteiger partial charge in [0, 0.05) is 18.8 Å². The fourth-order valence-corrected chi connectivity index (χ4v) is 1.83. The van der Waals surface area contributed by atoms with Gasteiger partial charge in [0.05, 0.1) is 19.8 Å². The summed E-state index contributed by atoms with van der Waals surface area (Å²) in [6, 6.07) is 7.72. The van der Waals surface area contributed by atoms with Crippen molar-refractivity contribution in [2.45, 2.75) is 13.3 Å². The van der Waals surface area contributed by atoms with Crippen LogP contribution in [-0.4, -0.2) is 53.9 Å². The van der Waals surface area contributed by atoms with Crippen molar-refractivity contribution in [2.75, 3.05) is 38.2 Å². The molecule has 0 saturated heterocycles. The zero-order valence-corrected chi connectivity index (χ0v) is 11.3. The Balaban J connectivity index is 2.53. The Hall–Kier alpha value is -1.43. The summed E-state index contributed by atoms with van der Waals surface area (Å²) >= 11 is 0. The lowest BCUT2D eigenvalue weighted by Crippen LogP contribution is -2.37. The van der Waals surface area contributed by atoms with Crippen LogP contribution in [0.3, 0.4) is 0 Å². The van der Waals surface area contributed by atoms with Crippen molar-refractivity contribution in [1.82, 2.24) is 4.90 Å². The zero-order valence-electron chi connectivity index (χ0n) is 11.3. The molecular formula is C14H22N2O3. The predicted molar refractivity (Wildman–Crippen MR) is 75.1 cm³/mol. The molecular weight excluding hydrogens is 244 g/mol. The smallest absolute Gasteiger partial charge is 0.238 e. The highest BCUT2D eigenvalue weighted by Crippen LogP contribution is 2.11. The molecule has 5 heteroatoms. The maximum Gasteiger partial charge on any atom is 0.238 e. The van der Waals surface area contributed by atoms with Crippen molar-refractivity contribution in [3.8, 4) is 0 Å². The molecule has 0 bridgehead atoms. The monoisotopic (exact) mass is 266 g/mol. The molecule has 0 aromatic heterocycles. The number of aliphatic hydroxyl groups is 2. The molecule has 19 heavy (non-hydrogen) atoms. The Morgan fingerprint density at radius 2 is 1.95 bits per heavy atom. The van der Waals surface area contributed by atoms with Crippen LogP contribution >= 0.6 is 0 Å². The summed E-state index contributed by atoms with van der Waals surface area (Å²) in [5, 5.41) is 20.6. The first-order valence-corrected chi connectivity index (χ1v) is 6.52. The fourth-order valence-electron chi connectivity index (χ4n) is 1.83. The van der Waals surface area contributed by atoms with Gasteiger partial charge in [0.15, 0.2) is 0 Å². The number of carbonyl (C=O) groups is 1. The van der Waals surface area contributed by atoms with Crippen LogP contribution < -0.4 is 5.32 Å². The number of aryl methyl sites for hydroxylation is 1. The molecule has 0 aliphatic rings. The molecule has 0 spiro atoms. The first-order valence-electron chi connectivity index (χ1n) is 6.52. The largest absolute Gasteiger partial charge is 0.395 e. The number of nitrogens with zero attached hydrogens (tertiary/aromatic N) is 1. The highest BCUT2D eigenvalue weighted by Gasteiger charge is 2.10. The van der Waals surface area contributed by atoms with Gasteiger partial charge < -0.3 is 15.5 Å². The average molecular weight is 266 g/mol. The van der Waals surface area contributed by atoms with Gasteiger partial charge in [-0.1, -0.05) is 19.1 Å². The molecule has 0 radical (unpaired) electrons. The van der Waals surface area contributed by atoms with Gasteiger partial charge in [-0.3, -0.25) is 9.69 Å². The molecule has 106 valence electrons. The van der Waals surface area contributed by atoms with E-state index in [1.165, 1.54) is 5.56 Å². The first-order chi connectivity index (χ1) is 9.19. The molecule has 3 N–H and O–H groups in total. The molecule has 1 aromatic carbocycles. The zero-order chi connectivity index (χ0) is 14.1. The van der Waals surface area contributed by atoms with Crippen LogP contribution in [0.4, 0.5) is 5.69 Å². The number of aliphatic hydroxyl groups excluding tert-OH is 2. The molecule has 1 amide bonds. The standard InChI is InChI=1S/C14H22N2O3/c1-2-12-4-3-5-13(10-12)15-14(19)11-16(6-8-17)7-9-18/h3-5,10,17-18H,2,6-9,11H2,1H3,(H,15,19). The number of hydrogen-bond acceptors (Lipinski definition) is 4. The van der Waals surface area contributed by atoms with E-state index in [2.05, 4.69) is 12.2 Å². The number of rotatable bonds is 8. The van der Waals surface area contributed by atoms with Crippen LogP contribution in [0.25, 0.3) is 0 Å². The second-order valence-electron chi connectivity index (χ2n) is 4.33. The van der Waals surface area contributed by atoms with Gasteiger partial charge in [0.1, 0.15) is 0 Å². The average Bonchev–Trinajstić information content (AvgIpc) is 2.39. The lowest BCUT2D eigenvalue weighted by molar-refractivity contribution is -0.117. The van der Waals surface area contributed by atoms with E-state index in [1.807, 2.05) is 24.3 Å². The van der Waals surface area contributed by atoms with Gasteiger partial charge in [-0.2, -0.15) is 0 Å². The third-order valence-electron chi connectivity index (χ3n) is 2.82. The summed E-state index contributed by atoms with van der Waals surface area (Å²) in [6.07, 6.45) is 0.921. The Bertz CT molecular complexity index is 390. The fraction of sp³-hybridized carbons (Fsp3) is 0.500.